The minimum atomic E-state index is -0.702. The molecule has 28 heavy (non-hydrogen) atoms. The average molecular weight is 488 g/mol. The van der Waals surface area contributed by atoms with Crippen LogP contribution in [0.25, 0.3) is 0 Å². The van der Waals surface area contributed by atoms with E-state index in [-0.39, 0.29) is 18.6 Å². The number of hydrogen-bond acceptors (Lipinski definition) is 4. The third-order valence-electron chi connectivity index (χ3n) is 4.55. The summed E-state index contributed by atoms with van der Waals surface area (Å²) in [5, 5.41) is 14.1. The van der Waals surface area contributed by atoms with Gasteiger partial charge in [0, 0.05) is 16.0 Å². The summed E-state index contributed by atoms with van der Waals surface area (Å²) in [5.41, 5.74) is 0.491. The molecule has 1 aliphatic rings. The van der Waals surface area contributed by atoms with Crippen molar-refractivity contribution in [2.24, 2.45) is 0 Å². The van der Waals surface area contributed by atoms with Gasteiger partial charge in [0.15, 0.2) is 0 Å². The lowest BCUT2D eigenvalue weighted by atomic mass is 10.2. The Morgan fingerprint density at radius 2 is 2.04 bits per heavy atom. The third-order valence-corrected chi connectivity index (χ3v) is 5.65. The number of rotatable bonds is 7. The first kappa shape index (κ1) is 21.4. The zero-order chi connectivity index (χ0) is 20.1. The molecule has 150 valence electrons. The molecule has 8 heteroatoms. The molecular formula is C20H21BrCl2N2O3. The van der Waals surface area contributed by atoms with Gasteiger partial charge in [-0.15, -0.1) is 0 Å². The zero-order valence-electron chi connectivity index (χ0n) is 15.1. The summed E-state index contributed by atoms with van der Waals surface area (Å²) in [5.74, 6) is 0.538. The van der Waals surface area contributed by atoms with Crippen LogP contribution < -0.4 is 10.1 Å². The van der Waals surface area contributed by atoms with Gasteiger partial charge in [0.05, 0.1) is 16.8 Å². The predicted molar refractivity (Wildman–Crippen MR) is 115 cm³/mol. The average Bonchev–Trinajstić information content (AvgIpc) is 3.12. The molecule has 0 radical (unpaired) electrons. The van der Waals surface area contributed by atoms with Gasteiger partial charge in [-0.05, 0) is 61.9 Å². The Labute approximate surface area is 182 Å². The van der Waals surface area contributed by atoms with Crippen LogP contribution in [0.5, 0.6) is 5.75 Å². The van der Waals surface area contributed by atoms with Gasteiger partial charge >= 0.3 is 0 Å². The molecule has 2 aromatic rings. The molecule has 5 nitrogen and oxygen atoms in total. The number of nitrogens with one attached hydrogen (secondary N) is 1. The van der Waals surface area contributed by atoms with E-state index in [2.05, 4.69) is 21.2 Å². The van der Waals surface area contributed by atoms with E-state index in [9.17, 15) is 9.90 Å². The maximum Gasteiger partial charge on any atom is 0.241 e. The largest absolute Gasteiger partial charge is 0.491 e. The Kier molecular flexibility index (Phi) is 7.60. The van der Waals surface area contributed by atoms with Gasteiger partial charge in [-0.3, -0.25) is 9.69 Å². The Morgan fingerprint density at radius 1 is 1.29 bits per heavy atom. The highest BCUT2D eigenvalue weighted by atomic mass is 79.9. The summed E-state index contributed by atoms with van der Waals surface area (Å²) in [6, 6.07) is 12.0. The molecule has 0 aromatic heterocycles. The summed E-state index contributed by atoms with van der Waals surface area (Å²) in [4.78, 5) is 14.7. The SMILES string of the molecule is O=C(Nc1cc(Cl)ccc1Cl)C1CCCN1CC(O)COc1ccc(Br)cc1. The van der Waals surface area contributed by atoms with Crippen LogP contribution in [-0.2, 0) is 4.79 Å². The smallest absolute Gasteiger partial charge is 0.241 e. The molecule has 1 fully saturated rings. The number of β-amino-alcohol motifs (C(OH)–C–C–N with tert-alkyl or cyclic N) is 1. The topological polar surface area (TPSA) is 61.8 Å². The highest BCUT2D eigenvalue weighted by Gasteiger charge is 2.32. The molecule has 1 heterocycles. The third kappa shape index (κ3) is 5.84. The molecule has 3 rings (SSSR count). The molecule has 1 amide bonds. The van der Waals surface area contributed by atoms with Crippen molar-refractivity contribution in [1.29, 1.82) is 0 Å². The van der Waals surface area contributed by atoms with E-state index in [1.54, 1.807) is 18.2 Å². The van der Waals surface area contributed by atoms with Gasteiger partial charge in [-0.2, -0.15) is 0 Å². The number of aliphatic hydroxyl groups excluding tert-OH is 1. The fourth-order valence-electron chi connectivity index (χ4n) is 3.20. The first-order valence-electron chi connectivity index (χ1n) is 8.99. The molecular weight excluding hydrogens is 467 g/mol. The molecule has 2 N–H and O–H groups in total. The Balaban J connectivity index is 1.53. The number of aliphatic hydroxyl groups is 1. The molecule has 2 aromatic carbocycles. The van der Waals surface area contributed by atoms with Crippen molar-refractivity contribution in [2.75, 3.05) is 25.0 Å². The van der Waals surface area contributed by atoms with Gasteiger partial charge in [0.1, 0.15) is 18.5 Å². The number of nitrogens with zero attached hydrogens (tertiary/aromatic N) is 1. The van der Waals surface area contributed by atoms with Crippen LogP contribution in [0.15, 0.2) is 46.9 Å². The highest BCUT2D eigenvalue weighted by molar-refractivity contribution is 9.10. The lowest BCUT2D eigenvalue weighted by Crippen LogP contribution is -2.44. The van der Waals surface area contributed by atoms with Crippen LogP contribution in [0.3, 0.4) is 0 Å². The Hall–Kier alpha value is -1.31. The summed E-state index contributed by atoms with van der Waals surface area (Å²) in [7, 11) is 0. The number of benzene rings is 2. The van der Waals surface area contributed by atoms with Gasteiger partial charge < -0.3 is 15.2 Å². The molecule has 0 saturated carbocycles. The molecule has 1 saturated heterocycles. The maximum absolute atomic E-state index is 12.7. The maximum atomic E-state index is 12.7. The number of amides is 1. The van der Waals surface area contributed by atoms with Crippen LogP contribution in [-0.4, -0.2) is 47.8 Å². The molecule has 2 atom stereocenters. The first-order chi connectivity index (χ1) is 13.4. The molecule has 1 aliphatic heterocycles. The Morgan fingerprint density at radius 3 is 2.79 bits per heavy atom. The predicted octanol–water partition coefficient (Wildman–Crippen LogP) is 4.60. The van der Waals surface area contributed by atoms with Crippen LogP contribution in [0.2, 0.25) is 10.0 Å². The second kappa shape index (κ2) is 9.94. The van der Waals surface area contributed by atoms with E-state index in [0.29, 0.717) is 28.0 Å². The highest BCUT2D eigenvalue weighted by Crippen LogP contribution is 2.27. The molecule has 0 bridgehead atoms. The van der Waals surface area contributed by atoms with Gasteiger partial charge in [0.2, 0.25) is 5.91 Å². The monoisotopic (exact) mass is 486 g/mol. The quantitative estimate of drug-likeness (QED) is 0.599. The number of likely N-dealkylation sites (tertiary alicyclic amines) is 1. The summed E-state index contributed by atoms with van der Waals surface area (Å²) in [6.07, 6.45) is 0.915. The fraction of sp³-hybridized carbons (Fsp3) is 0.350. The van der Waals surface area contributed by atoms with Crippen LogP contribution in [0.1, 0.15) is 12.8 Å². The number of halogens is 3. The number of carbonyl (C=O) groups excluding carboxylic acids is 1. The second-order valence-corrected chi connectivity index (χ2v) is 8.44. The minimum absolute atomic E-state index is 0.150. The van der Waals surface area contributed by atoms with Gasteiger partial charge in [0.25, 0.3) is 0 Å². The Bertz CT molecular complexity index is 820. The van der Waals surface area contributed by atoms with Crippen molar-refractivity contribution in [3.8, 4) is 5.75 Å². The second-order valence-electron chi connectivity index (χ2n) is 6.69. The number of hydrogen-bond donors (Lipinski definition) is 2. The number of ether oxygens (including phenoxy) is 1. The normalized spacial score (nSPS) is 18.1. The van der Waals surface area contributed by atoms with Crippen molar-refractivity contribution in [2.45, 2.75) is 25.0 Å². The first-order valence-corrected chi connectivity index (χ1v) is 10.5. The summed E-state index contributed by atoms with van der Waals surface area (Å²) in [6.45, 7) is 1.27. The number of carbonyl (C=O) groups is 1. The van der Waals surface area contributed by atoms with Crippen LogP contribution in [0.4, 0.5) is 5.69 Å². The minimum Gasteiger partial charge on any atom is -0.491 e. The lowest BCUT2D eigenvalue weighted by molar-refractivity contribution is -0.120. The molecule has 0 spiro atoms. The van der Waals surface area contributed by atoms with Crippen molar-refractivity contribution < 1.29 is 14.6 Å². The van der Waals surface area contributed by atoms with Crippen LogP contribution >= 0.6 is 39.1 Å². The fourth-order valence-corrected chi connectivity index (χ4v) is 3.80. The van der Waals surface area contributed by atoms with Crippen molar-refractivity contribution in [3.63, 3.8) is 0 Å². The zero-order valence-corrected chi connectivity index (χ0v) is 18.2. The lowest BCUT2D eigenvalue weighted by Gasteiger charge is -2.26. The van der Waals surface area contributed by atoms with Crippen molar-refractivity contribution in [3.05, 3.63) is 57.0 Å². The summed E-state index contributed by atoms with van der Waals surface area (Å²) < 4.78 is 6.59. The summed E-state index contributed by atoms with van der Waals surface area (Å²) >= 11 is 15.5. The van der Waals surface area contributed by atoms with E-state index in [1.165, 1.54) is 0 Å². The van der Waals surface area contributed by atoms with Crippen molar-refractivity contribution >= 4 is 50.7 Å². The van der Waals surface area contributed by atoms with Gasteiger partial charge in [-0.25, -0.2) is 0 Å². The van der Waals surface area contributed by atoms with E-state index >= 15 is 0 Å². The van der Waals surface area contributed by atoms with Gasteiger partial charge in [-0.1, -0.05) is 39.1 Å². The van der Waals surface area contributed by atoms with Crippen LogP contribution in [0, 0.1) is 0 Å². The number of anilines is 1. The van der Waals surface area contributed by atoms with E-state index in [4.69, 9.17) is 27.9 Å². The van der Waals surface area contributed by atoms with E-state index < -0.39 is 6.10 Å². The van der Waals surface area contributed by atoms with E-state index in [0.717, 1.165) is 23.9 Å². The van der Waals surface area contributed by atoms with E-state index in [1.807, 2.05) is 29.2 Å². The molecule has 0 aliphatic carbocycles. The van der Waals surface area contributed by atoms with Crippen molar-refractivity contribution in [1.82, 2.24) is 4.90 Å². The standard InChI is InChI=1S/C20H21BrCl2N2O3/c21-13-3-6-16(7-4-13)28-12-15(26)11-25-9-1-2-19(25)20(27)24-18-10-14(22)5-8-17(18)23/h3-8,10,15,19,26H,1-2,9,11-12H2,(H,24,27). The molecule has 2 unspecified atom stereocenters.